The van der Waals surface area contributed by atoms with Gasteiger partial charge in [-0.25, -0.2) is 4.98 Å². The second-order valence-corrected chi connectivity index (χ2v) is 5.37. The molecule has 1 N–H and O–H groups in total. The number of thiazole rings is 1. The molecule has 0 spiro atoms. The summed E-state index contributed by atoms with van der Waals surface area (Å²) in [4.78, 5) is 8.07. The number of morpholine rings is 1. The number of nitrogens with one attached hydrogen (secondary N) is 1. The van der Waals surface area contributed by atoms with Gasteiger partial charge in [-0.1, -0.05) is 0 Å². The Morgan fingerprint density at radius 3 is 3.28 bits per heavy atom. The van der Waals surface area contributed by atoms with Gasteiger partial charge in [0.15, 0.2) is 0 Å². The Bertz CT molecular complexity index is 496. The van der Waals surface area contributed by atoms with Gasteiger partial charge in [-0.15, -0.1) is 11.3 Å². The molecule has 2 aromatic rings. The maximum absolute atomic E-state index is 5.58. The first-order chi connectivity index (χ1) is 8.84. The van der Waals surface area contributed by atoms with E-state index in [0.29, 0.717) is 0 Å². The minimum Gasteiger partial charge on any atom is -0.378 e. The van der Waals surface area contributed by atoms with Crippen LogP contribution in [-0.4, -0.2) is 39.8 Å². The summed E-state index contributed by atoms with van der Waals surface area (Å²) in [5.74, 6) is 0. The first-order valence-electron chi connectivity index (χ1n) is 6.04. The third-order valence-corrected chi connectivity index (χ3v) is 4.23. The molecule has 0 bridgehead atoms. The molecule has 5 nitrogen and oxygen atoms in total. The fourth-order valence-electron chi connectivity index (χ4n) is 2.23. The van der Waals surface area contributed by atoms with Gasteiger partial charge in [0.25, 0.3) is 0 Å². The van der Waals surface area contributed by atoms with Crippen LogP contribution >= 0.6 is 11.3 Å². The molecule has 1 aliphatic rings. The largest absolute Gasteiger partial charge is 0.378 e. The lowest BCUT2D eigenvalue weighted by Crippen LogP contribution is -2.39. The fourth-order valence-corrected chi connectivity index (χ4v) is 3.03. The highest BCUT2D eigenvalue weighted by Gasteiger charge is 2.26. The molecule has 1 atom stereocenters. The van der Waals surface area contributed by atoms with E-state index < -0.39 is 0 Å². The van der Waals surface area contributed by atoms with E-state index in [-0.39, 0.29) is 6.04 Å². The Labute approximate surface area is 110 Å². The SMILES string of the molecule is Cc1ncsc1CN1CCOCC1c1ccn[nH]1. The van der Waals surface area contributed by atoms with Crippen molar-refractivity contribution in [1.29, 1.82) is 0 Å². The van der Waals surface area contributed by atoms with Crippen LogP contribution in [0.2, 0.25) is 0 Å². The van der Waals surface area contributed by atoms with Crippen LogP contribution in [0.4, 0.5) is 0 Å². The molecular weight excluding hydrogens is 248 g/mol. The van der Waals surface area contributed by atoms with Gasteiger partial charge in [0, 0.05) is 24.2 Å². The number of aryl methyl sites for hydroxylation is 1. The molecule has 3 rings (SSSR count). The molecule has 0 amide bonds. The van der Waals surface area contributed by atoms with Crippen molar-refractivity contribution in [2.24, 2.45) is 0 Å². The summed E-state index contributed by atoms with van der Waals surface area (Å²) >= 11 is 1.72. The number of hydrogen-bond donors (Lipinski definition) is 1. The molecule has 96 valence electrons. The van der Waals surface area contributed by atoms with Crippen molar-refractivity contribution in [2.45, 2.75) is 19.5 Å². The van der Waals surface area contributed by atoms with Crippen LogP contribution in [0.3, 0.4) is 0 Å². The number of ether oxygens (including phenoxy) is 1. The Morgan fingerprint density at radius 1 is 1.61 bits per heavy atom. The van der Waals surface area contributed by atoms with E-state index in [1.807, 2.05) is 11.6 Å². The molecule has 1 aliphatic heterocycles. The van der Waals surface area contributed by atoms with Crippen LogP contribution in [0.5, 0.6) is 0 Å². The summed E-state index contributed by atoms with van der Waals surface area (Å²) in [5.41, 5.74) is 4.17. The van der Waals surface area contributed by atoms with E-state index in [1.54, 1.807) is 17.5 Å². The number of hydrogen-bond acceptors (Lipinski definition) is 5. The minimum atomic E-state index is 0.266. The van der Waals surface area contributed by atoms with Crippen molar-refractivity contribution in [3.05, 3.63) is 34.0 Å². The molecule has 1 unspecified atom stereocenters. The zero-order chi connectivity index (χ0) is 12.4. The average Bonchev–Trinajstić information content (AvgIpc) is 3.03. The molecule has 1 fully saturated rings. The van der Waals surface area contributed by atoms with Crippen LogP contribution in [0, 0.1) is 6.92 Å². The Hall–Kier alpha value is -1.24. The molecule has 6 heteroatoms. The van der Waals surface area contributed by atoms with Crippen LogP contribution in [0.15, 0.2) is 17.8 Å². The van der Waals surface area contributed by atoms with E-state index in [1.165, 1.54) is 4.88 Å². The van der Waals surface area contributed by atoms with E-state index in [9.17, 15) is 0 Å². The number of rotatable bonds is 3. The summed E-state index contributed by atoms with van der Waals surface area (Å²) in [6.45, 7) is 5.46. The minimum absolute atomic E-state index is 0.266. The first kappa shape index (κ1) is 11.8. The number of nitrogens with zero attached hydrogens (tertiary/aromatic N) is 3. The third-order valence-electron chi connectivity index (χ3n) is 3.31. The van der Waals surface area contributed by atoms with Gasteiger partial charge in [0.1, 0.15) is 0 Å². The summed E-state index contributed by atoms with van der Waals surface area (Å²) in [6.07, 6.45) is 1.79. The molecule has 1 saturated heterocycles. The standard InChI is InChI=1S/C12H16N4OS/c1-9-12(18-8-13-9)6-16-4-5-17-7-11(16)10-2-3-14-15-10/h2-3,8,11H,4-7H2,1H3,(H,14,15). The third kappa shape index (κ3) is 2.31. The maximum atomic E-state index is 5.58. The van der Waals surface area contributed by atoms with Gasteiger partial charge in [-0.2, -0.15) is 5.10 Å². The zero-order valence-electron chi connectivity index (χ0n) is 10.3. The Kier molecular flexibility index (Phi) is 3.40. The van der Waals surface area contributed by atoms with Crippen LogP contribution in [-0.2, 0) is 11.3 Å². The molecule has 0 aromatic carbocycles. The zero-order valence-corrected chi connectivity index (χ0v) is 11.1. The lowest BCUT2D eigenvalue weighted by molar-refractivity contribution is -0.0139. The molecule has 0 radical (unpaired) electrons. The van der Waals surface area contributed by atoms with Crippen molar-refractivity contribution >= 4 is 11.3 Å². The molecule has 2 aromatic heterocycles. The van der Waals surface area contributed by atoms with Gasteiger partial charge in [0.2, 0.25) is 0 Å². The quantitative estimate of drug-likeness (QED) is 0.917. The van der Waals surface area contributed by atoms with Gasteiger partial charge in [-0.3, -0.25) is 10.00 Å². The van der Waals surface area contributed by atoms with Crippen molar-refractivity contribution in [3.63, 3.8) is 0 Å². The van der Waals surface area contributed by atoms with E-state index >= 15 is 0 Å². The number of aromatic amines is 1. The summed E-state index contributed by atoms with van der Waals surface area (Å²) < 4.78 is 5.58. The van der Waals surface area contributed by atoms with Crippen molar-refractivity contribution in [3.8, 4) is 0 Å². The highest BCUT2D eigenvalue weighted by Crippen LogP contribution is 2.26. The predicted octanol–water partition coefficient (Wildman–Crippen LogP) is 1.75. The first-order valence-corrected chi connectivity index (χ1v) is 6.92. The smallest absolute Gasteiger partial charge is 0.0798 e. The van der Waals surface area contributed by atoms with Crippen LogP contribution < -0.4 is 0 Å². The van der Waals surface area contributed by atoms with Gasteiger partial charge >= 0.3 is 0 Å². The molecule has 3 heterocycles. The topological polar surface area (TPSA) is 54.0 Å². The summed E-state index contributed by atoms with van der Waals surface area (Å²) in [6, 6.07) is 2.29. The average molecular weight is 264 g/mol. The lowest BCUT2D eigenvalue weighted by Gasteiger charge is -2.34. The number of H-pyrrole nitrogens is 1. The van der Waals surface area contributed by atoms with Crippen LogP contribution in [0.25, 0.3) is 0 Å². The fraction of sp³-hybridized carbons (Fsp3) is 0.500. The Morgan fingerprint density at radius 2 is 2.56 bits per heavy atom. The lowest BCUT2D eigenvalue weighted by atomic mass is 10.1. The number of aromatic nitrogens is 3. The van der Waals surface area contributed by atoms with E-state index in [4.69, 9.17) is 4.74 Å². The van der Waals surface area contributed by atoms with Gasteiger partial charge in [0.05, 0.1) is 36.2 Å². The highest BCUT2D eigenvalue weighted by atomic mass is 32.1. The molecule has 18 heavy (non-hydrogen) atoms. The molecule has 0 saturated carbocycles. The van der Waals surface area contributed by atoms with Crippen molar-refractivity contribution in [1.82, 2.24) is 20.1 Å². The monoisotopic (exact) mass is 264 g/mol. The molecule has 0 aliphatic carbocycles. The van der Waals surface area contributed by atoms with Gasteiger partial charge in [-0.05, 0) is 13.0 Å². The summed E-state index contributed by atoms with van der Waals surface area (Å²) in [5, 5.41) is 7.08. The Balaban J connectivity index is 1.78. The predicted molar refractivity (Wildman–Crippen MR) is 69.4 cm³/mol. The van der Waals surface area contributed by atoms with Crippen molar-refractivity contribution < 1.29 is 4.74 Å². The maximum Gasteiger partial charge on any atom is 0.0798 e. The van der Waals surface area contributed by atoms with E-state index in [0.717, 1.165) is 37.7 Å². The second-order valence-electron chi connectivity index (χ2n) is 4.43. The molecular formula is C12H16N4OS. The normalized spacial score (nSPS) is 21.3. The highest BCUT2D eigenvalue weighted by molar-refractivity contribution is 7.09. The van der Waals surface area contributed by atoms with Crippen molar-refractivity contribution in [2.75, 3.05) is 19.8 Å². The summed E-state index contributed by atoms with van der Waals surface area (Å²) in [7, 11) is 0. The van der Waals surface area contributed by atoms with Gasteiger partial charge < -0.3 is 4.74 Å². The van der Waals surface area contributed by atoms with Crippen LogP contribution in [0.1, 0.15) is 22.3 Å². The second kappa shape index (κ2) is 5.17. The van der Waals surface area contributed by atoms with E-state index in [2.05, 4.69) is 27.0 Å².